The fourth-order valence-corrected chi connectivity index (χ4v) is 0.570. The van der Waals surface area contributed by atoms with Crippen LogP contribution in [0, 0.1) is 0 Å². The minimum Gasteiger partial charge on any atom is -0.443 e. The Morgan fingerprint density at radius 2 is 2.08 bits per heavy atom. The normalized spacial score (nSPS) is 10.8. The van der Waals surface area contributed by atoms with Gasteiger partial charge in [-0.05, 0) is 20.8 Å². The number of halogens is 1. The summed E-state index contributed by atoms with van der Waals surface area (Å²) in [6, 6.07) is 0. The molecule has 0 radical (unpaired) electrons. The molecule has 0 fully saturated rings. The Labute approximate surface area is 77.1 Å². The first-order valence-electron chi connectivity index (χ1n) is 3.81. The fourth-order valence-electron chi connectivity index (χ4n) is 0.570. The Bertz CT molecular complexity index is 211. The van der Waals surface area contributed by atoms with Crippen molar-refractivity contribution in [1.82, 2.24) is 5.01 Å². The van der Waals surface area contributed by atoms with Crippen molar-refractivity contribution in [2.45, 2.75) is 26.4 Å². The molecule has 0 saturated carbocycles. The van der Waals surface area contributed by atoms with Crippen molar-refractivity contribution < 1.29 is 13.9 Å². The maximum atomic E-state index is 12.2. The fraction of sp³-hybridized carbons (Fsp3) is 0.625. The number of amides is 1. The quantitative estimate of drug-likeness (QED) is 0.408. The Morgan fingerprint density at radius 3 is 2.38 bits per heavy atom. The maximum absolute atomic E-state index is 12.2. The third-order valence-corrected chi connectivity index (χ3v) is 0.970. The van der Waals surface area contributed by atoms with Crippen molar-refractivity contribution in [3.05, 3.63) is 12.4 Å². The largest absolute Gasteiger partial charge is 0.443 e. The number of hydrogen-bond donors (Lipinski definition) is 1. The monoisotopic (exact) mass is 190 g/mol. The molecule has 0 unspecified atom stereocenters. The van der Waals surface area contributed by atoms with Gasteiger partial charge in [-0.2, -0.15) is 0 Å². The zero-order valence-corrected chi connectivity index (χ0v) is 8.13. The molecule has 0 heterocycles. The molecule has 0 aromatic rings. The summed E-state index contributed by atoms with van der Waals surface area (Å²) in [5, 5.41) is 0.633. The minimum absolute atomic E-state index is 0.352. The van der Waals surface area contributed by atoms with Crippen molar-refractivity contribution in [3.8, 4) is 0 Å². The number of ether oxygens (including phenoxy) is 1. The number of hydrogen-bond acceptors (Lipinski definition) is 3. The molecule has 0 aliphatic carbocycles. The Morgan fingerprint density at radius 1 is 1.62 bits per heavy atom. The number of rotatable bonds is 2. The second-order valence-electron chi connectivity index (χ2n) is 3.63. The van der Waals surface area contributed by atoms with Crippen LogP contribution in [0.4, 0.5) is 9.18 Å². The molecule has 0 bridgehead atoms. The third kappa shape index (κ3) is 6.10. The van der Waals surface area contributed by atoms with Crippen molar-refractivity contribution in [3.63, 3.8) is 0 Å². The van der Waals surface area contributed by atoms with Crippen molar-refractivity contribution in [2.24, 2.45) is 5.84 Å². The van der Waals surface area contributed by atoms with E-state index in [1.165, 1.54) is 0 Å². The number of nitrogens with zero attached hydrogens (tertiary/aromatic N) is 1. The molecular weight excluding hydrogens is 175 g/mol. The van der Waals surface area contributed by atoms with Crippen molar-refractivity contribution in [2.75, 3.05) is 6.54 Å². The molecule has 0 aliphatic rings. The minimum atomic E-state index is -0.772. The van der Waals surface area contributed by atoms with E-state index >= 15 is 0 Å². The zero-order valence-electron chi connectivity index (χ0n) is 8.13. The zero-order chi connectivity index (χ0) is 10.6. The summed E-state index contributed by atoms with van der Waals surface area (Å²) in [7, 11) is 0. The molecule has 2 N–H and O–H groups in total. The summed E-state index contributed by atoms with van der Waals surface area (Å²) < 4.78 is 17.1. The van der Waals surface area contributed by atoms with Crippen molar-refractivity contribution in [1.29, 1.82) is 0 Å². The molecular formula is C8H15FN2O2. The number of carbonyl (C=O) groups excluding carboxylic acids is 1. The Balaban J connectivity index is 4.05. The first-order valence-corrected chi connectivity index (χ1v) is 3.81. The highest BCUT2D eigenvalue weighted by atomic mass is 19.1. The van der Waals surface area contributed by atoms with Gasteiger partial charge in [-0.25, -0.2) is 20.0 Å². The number of nitrogens with two attached hydrogens (primary N) is 1. The van der Waals surface area contributed by atoms with Crippen LogP contribution in [-0.4, -0.2) is 23.2 Å². The molecule has 0 aromatic heterocycles. The van der Waals surface area contributed by atoms with Crippen molar-refractivity contribution >= 4 is 6.09 Å². The van der Waals surface area contributed by atoms with E-state index in [0.29, 0.717) is 5.01 Å². The molecule has 76 valence electrons. The highest BCUT2D eigenvalue weighted by molar-refractivity contribution is 5.67. The van der Waals surface area contributed by atoms with Gasteiger partial charge in [0.05, 0.1) is 6.54 Å². The van der Waals surface area contributed by atoms with Crippen LogP contribution in [0.15, 0.2) is 12.4 Å². The lowest BCUT2D eigenvalue weighted by atomic mass is 10.2. The number of carbonyl (C=O) groups is 1. The molecule has 0 rings (SSSR count). The molecule has 0 spiro atoms. The second kappa shape index (κ2) is 4.23. The molecule has 13 heavy (non-hydrogen) atoms. The van der Waals surface area contributed by atoms with E-state index in [0.717, 1.165) is 0 Å². The van der Waals surface area contributed by atoms with E-state index < -0.39 is 17.5 Å². The summed E-state index contributed by atoms with van der Waals surface area (Å²) in [4.78, 5) is 11.1. The summed E-state index contributed by atoms with van der Waals surface area (Å²) in [6.07, 6.45) is -0.772. The first kappa shape index (κ1) is 11.9. The van der Waals surface area contributed by atoms with Crippen LogP contribution < -0.4 is 5.84 Å². The van der Waals surface area contributed by atoms with Gasteiger partial charge in [0.15, 0.2) is 0 Å². The van der Waals surface area contributed by atoms with Crippen LogP contribution >= 0.6 is 0 Å². The van der Waals surface area contributed by atoms with Crippen LogP contribution in [0.1, 0.15) is 20.8 Å². The predicted octanol–water partition coefficient (Wildman–Crippen LogP) is 1.58. The lowest BCUT2D eigenvalue weighted by molar-refractivity contribution is 0.0256. The average Bonchev–Trinajstić information content (AvgIpc) is 1.81. The van der Waals surface area contributed by atoms with Gasteiger partial charge < -0.3 is 4.74 Å². The van der Waals surface area contributed by atoms with Gasteiger partial charge in [-0.1, -0.05) is 6.58 Å². The Kier molecular flexibility index (Phi) is 3.87. The molecule has 5 heteroatoms. The van der Waals surface area contributed by atoms with E-state index in [1.807, 2.05) is 0 Å². The Hall–Kier alpha value is -1.10. The third-order valence-electron chi connectivity index (χ3n) is 0.970. The lowest BCUT2D eigenvalue weighted by Gasteiger charge is -2.23. The van der Waals surface area contributed by atoms with E-state index in [-0.39, 0.29) is 6.54 Å². The summed E-state index contributed by atoms with van der Waals surface area (Å²) in [6.45, 7) is 7.72. The topological polar surface area (TPSA) is 55.6 Å². The highest BCUT2D eigenvalue weighted by Crippen LogP contribution is 2.08. The van der Waals surface area contributed by atoms with E-state index in [1.54, 1.807) is 20.8 Å². The second-order valence-corrected chi connectivity index (χ2v) is 3.63. The van der Waals surface area contributed by atoms with Gasteiger partial charge in [0, 0.05) is 0 Å². The number of hydrazine groups is 1. The van der Waals surface area contributed by atoms with E-state index in [9.17, 15) is 9.18 Å². The van der Waals surface area contributed by atoms with Gasteiger partial charge in [0.1, 0.15) is 11.4 Å². The van der Waals surface area contributed by atoms with Crippen LogP contribution in [0.5, 0.6) is 0 Å². The SMILES string of the molecule is C=C(F)CN(N)C(=O)OC(C)(C)C. The van der Waals surface area contributed by atoms with Crippen LogP contribution in [-0.2, 0) is 4.74 Å². The van der Waals surface area contributed by atoms with Gasteiger partial charge >= 0.3 is 6.09 Å². The molecule has 4 nitrogen and oxygen atoms in total. The van der Waals surface area contributed by atoms with E-state index in [2.05, 4.69) is 6.58 Å². The van der Waals surface area contributed by atoms with E-state index in [4.69, 9.17) is 10.6 Å². The van der Waals surface area contributed by atoms with Crippen LogP contribution in [0.2, 0.25) is 0 Å². The van der Waals surface area contributed by atoms with Gasteiger partial charge in [0.2, 0.25) is 0 Å². The summed E-state index contributed by atoms with van der Waals surface area (Å²) >= 11 is 0. The average molecular weight is 190 g/mol. The van der Waals surface area contributed by atoms with Gasteiger partial charge in [-0.3, -0.25) is 0 Å². The molecule has 0 aliphatic heterocycles. The predicted molar refractivity (Wildman–Crippen MR) is 47.4 cm³/mol. The molecule has 0 atom stereocenters. The van der Waals surface area contributed by atoms with Crippen LogP contribution in [0.3, 0.4) is 0 Å². The lowest BCUT2D eigenvalue weighted by Crippen LogP contribution is -2.42. The summed E-state index contributed by atoms with van der Waals surface area (Å²) in [5.41, 5.74) is -0.633. The summed E-state index contributed by atoms with van der Waals surface area (Å²) in [5.74, 6) is 4.50. The first-order chi connectivity index (χ1) is 5.72. The van der Waals surface area contributed by atoms with Crippen LogP contribution in [0.25, 0.3) is 0 Å². The molecule has 0 saturated heterocycles. The van der Waals surface area contributed by atoms with Gasteiger partial charge in [-0.15, -0.1) is 0 Å². The smallest absolute Gasteiger partial charge is 0.424 e. The maximum Gasteiger partial charge on any atom is 0.424 e. The molecule has 0 aromatic carbocycles. The standard InChI is InChI=1S/C8H15FN2O2/c1-6(9)5-11(10)7(12)13-8(2,3)4/h1,5,10H2,2-4H3. The molecule has 1 amide bonds. The highest BCUT2D eigenvalue weighted by Gasteiger charge is 2.20. The van der Waals surface area contributed by atoms with Gasteiger partial charge in [0.25, 0.3) is 0 Å².